The van der Waals surface area contributed by atoms with Gasteiger partial charge in [-0.3, -0.25) is 9.69 Å². The Kier molecular flexibility index (Phi) is 6.25. The van der Waals surface area contributed by atoms with Crippen LogP contribution < -0.4 is 10.2 Å². The maximum absolute atomic E-state index is 15.4. The van der Waals surface area contributed by atoms with E-state index in [9.17, 15) is 4.79 Å². The molecule has 2 aromatic heterocycles. The summed E-state index contributed by atoms with van der Waals surface area (Å²) < 4.78 is 15.4. The number of carbonyl (C=O) groups is 1. The highest BCUT2D eigenvalue weighted by Gasteiger charge is 2.31. The Morgan fingerprint density at radius 3 is 2.80 bits per heavy atom. The smallest absolute Gasteiger partial charge is 0.262 e. The van der Waals surface area contributed by atoms with Crippen molar-refractivity contribution in [1.82, 2.24) is 30.5 Å². The molecule has 0 saturated carbocycles. The van der Waals surface area contributed by atoms with Crippen LogP contribution in [0, 0.1) is 12.7 Å². The van der Waals surface area contributed by atoms with Crippen molar-refractivity contribution in [3.05, 3.63) is 71.4 Å². The molecule has 1 N–H and O–H groups in total. The summed E-state index contributed by atoms with van der Waals surface area (Å²) >= 11 is 0. The van der Waals surface area contributed by atoms with E-state index in [1.54, 1.807) is 17.2 Å². The Bertz CT molecular complexity index is 1370. The quantitative estimate of drug-likeness (QED) is 0.468. The van der Waals surface area contributed by atoms with Gasteiger partial charge in [-0.05, 0) is 60.7 Å². The second-order valence-corrected chi connectivity index (χ2v) is 9.24. The fourth-order valence-electron chi connectivity index (χ4n) is 4.56. The molecule has 180 valence electrons. The molecule has 35 heavy (non-hydrogen) atoms. The van der Waals surface area contributed by atoms with E-state index in [0.29, 0.717) is 23.9 Å². The van der Waals surface area contributed by atoms with Gasteiger partial charge in [-0.25, -0.2) is 9.37 Å². The van der Waals surface area contributed by atoms with E-state index < -0.39 is 11.7 Å². The molecule has 3 heterocycles. The molecule has 1 fully saturated rings. The minimum atomic E-state index is -0.637. The van der Waals surface area contributed by atoms with E-state index in [2.05, 4.69) is 25.7 Å². The second kappa shape index (κ2) is 9.50. The van der Waals surface area contributed by atoms with Gasteiger partial charge in [0.1, 0.15) is 11.6 Å². The average Bonchev–Trinajstić information content (AvgIpc) is 3.36. The Hall–Kier alpha value is -3.72. The average molecular weight is 474 g/mol. The zero-order chi connectivity index (χ0) is 24.5. The summed E-state index contributed by atoms with van der Waals surface area (Å²) in [7, 11) is 0. The van der Waals surface area contributed by atoms with Crippen LogP contribution in [-0.2, 0) is 0 Å². The number of hydrogen-bond acceptors (Lipinski definition) is 6. The van der Waals surface area contributed by atoms with Crippen LogP contribution in [-0.4, -0.2) is 50.2 Å². The van der Waals surface area contributed by atoms with Gasteiger partial charge in [0.25, 0.3) is 5.91 Å². The maximum atomic E-state index is 15.4. The molecule has 5 rings (SSSR count). The zero-order valence-electron chi connectivity index (χ0n) is 20.1. The lowest BCUT2D eigenvalue weighted by atomic mass is 10.0. The normalized spacial score (nSPS) is 16.1. The first kappa shape index (κ1) is 23.0. The third-order valence-corrected chi connectivity index (χ3v) is 6.42. The first-order valence-corrected chi connectivity index (χ1v) is 11.9. The summed E-state index contributed by atoms with van der Waals surface area (Å²) in [6.45, 7) is 7.44. The van der Waals surface area contributed by atoms with E-state index in [1.165, 1.54) is 16.9 Å². The summed E-state index contributed by atoms with van der Waals surface area (Å²) in [5, 5.41) is 17.6. The van der Waals surface area contributed by atoms with Crippen molar-refractivity contribution in [2.75, 3.05) is 18.0 Å². The van der Waals surface area contributed by atoms with Gasteiger partial charge in [-0.2, -0.15) is 0 Å². The Morgan fingerprint density at radius 2 is 2.09 bits per heavy atom. The summed E-state index contributed by atoms with van der Waals surface area (Å²) in [4.78, 5) is 21.5. The highest BCUT2D eigenvalue weighted by Crippen LogP contribution is 2.32. The number of hydrogen-bond donors (Lipinski definition) is 1. The molecule has 1 aliphatic heterocycles. The van der Waals surface area contributed by atoms with Gasteiger partial charge >= 0.3 is 0 Å². The van der Waals surface area contributed by atoms with Crippen molar-refractivity contribution in [1.29, 1.82) is 0 Å². The molecule has 4 aromatic rings. The molecular weight excluding hydrogens is 445 g/mol. The molecule has 8 nitrogen and oxygen atoms in total. The van der Waals surface area contributed by atoms with Crippen LogP contribution in [0.5, 0.6) is 0 Å². The van der Waals surface area contributed by atoms with Crippen molar-refractivity contribution in [3.63, 3.8) is 0 Å². The van der Waals surface area contributed by atoms with E-state index >= 15 is 4.39 Å². The molecule has 0 aliphatic carbocycles. The first-order valence-electron chi connectivity index (χ1n) is 11.9. The predicted octanol–water partition coefficient (Wildman–Crippen LogP) is 4.18. The lowest BCUT2D eigenvalue weighted by Crippen LogP contribution is -2.49. The number of benzene rings is 2. The number of halogens is 1. The Morgan fingerprint density at radius 1 is 1.23 bits per heavy atom. The number of piperidine rings is 1. The molecule has 9 heteroatoms. The number of rotatable bonds is 5. The van der Waals surface area contributed by atoms with Crippen LogP contribution in [0.3, 0.4) is 0 Å². The number of carbonyl (C=O) groups excluding carboxylic acids is 1. The summed E-state index contributed by atoms with van der Waals surface area (Å²) in [6, 6.07) is 12.2. The molecule has 0 bridgehead atoms. The van der Waals surface area contributed by atoms with Crippen LogP contribution >= 0.6 is 0 Å². The van der Waals surface area contributed by atoms with Gasteiger partial charge in [-0.15, -0.1) is 15.0 Å². The lowest BCUT2D eigenvalue weighted by molar-refractivity contribution is 0.0968. The monoisotopic (exact) mass is 473 g/mol. The minimum absolute atomic E-state index is 0.0177. The number of aromatic nitrogens is 5. The van der Waals surface area contributed by atoms with Crippen LogP contribution in [0.4, 0.5) is 10.2 Å². The molecule has 1 amide bonds. The Labute approximate surface area is 203 Å². The van der Waals surface area contributed by atoms with Crippen molar-refractivity contribution in [2.45, 2.75) is 45.6 Å². The summed E-state index contributed by atoms with van der Waals surface area (Å²) in [5.74, 6) is 0.173. The molecule has 0 spiro atoms. The van der Waals surface area contributed by atoms with Crippen molar-refractivity contribution in [3.8, 4) is 5.69 Å². The number of aryl methyl sites for hydroxylation is 1. The number of tetrazole rings is 1. The topological polar surface area (TPSA) is 88.8 Å². The van der Waals surface area contributed by atoms with E-state index in [1.807, 2.05) is 45.0 Å². The van der Waals surface area contributed by atoms with Crippen LogP contribution in [0.2, 0.25) is 0 Å². The number of nitrogens with zero attached hydrogens (tertiary/aromatic N) is 6. The highest BCUT2D eigenvalue weighted by atomic mass is 19.1. The van der Waals surface area contributed by atoms with Gasteiger partial charge in [0.05, 0.1) is 17.3 Å². The van der Waals surface area contributed by atoms with Crippen molar-refractivity contribution < 1.29 is 9.18 Å². The fourth-order valence-corrected chi connectivity index (χ4v) is 4.56. The van der Waals surface area contributed by atoms with Gasteiger partial charge < -0.3 is 5.32 Å². The molecule has 0 unspecified atom stereocenters. The van der Waals surface area contributed by atoms with Crippen LogP contribution in [0.1, 0.15) is 54.4 Å². The lowest BCUT2D eigenvalue weighted by Gasteiger charge is -2.35. The largest absolute Gasteiger partial charge is 0.315 e. The number of anilines is 1. The van der Waals surface area contributed by atoms with Gasteiger partial charge in [0.15, 0.2) is 5.82 Å². The summed E-state index contributed by atoms with van der Waals surface area (Å²) in [6.07, 6.45) is 3.44. The predicted molar refractivity (Wildman–Crippen MR) is 132 cm³/mol. The molecule has 1 aliphatic rings. The van der Waals surface area contributed by atoms with Crippen molar-refractivity contribution >= 4 is 22.5 Å². The second-order valence-electron chi connectivity index (χ2n) is 9.24. The van der Waals surface area contributed by atoms with E-state index in [0.717, 1.165) is 35.7 Å². The van der Waals surface area contributed by atoms with Gasteiger partial charge in [0, 0.05) is 30.1 Å². The van der Waals surface area contributed by atoms with Crippen LogP contribution in [0.15, 0.2) is 48.7 Å². The maximum Gasteiger partial charge on any atom is 0.262 e. The SMILES string of the molecule is Cc1cccc2ccnc(N(C(=O)c3ccc(-n4nnc(C(C)C)n4)cc3F)[C@@H]3CCCNC3)c12. The fraction of sp³-hybridized carbons (Fsp3) is 0.346. The molecule has 0 radical (unpaired) electrons. The zero-order valence-corrected chi connectivity index (χ0v) is 20.1. The minimum Gasteiger partial charge on any atom is -0.315 e. The van der Waals surface area contributed by atoms with Gasteiger partial charge in [0.2, 0.25) is 0 Å². The van der Waals surface area contributed by atoms with E-state index in [4.69, 9.17) is 0 Å². The summed E-state index contributed by atoms with van der Waals surface area (Å²) in [5.41, 5.74) is 1.40. The molecule has 1 saturated heterocycles. The van der Waals surface area contributed by atoms with E-state index in [-0.39, 0.29) is 17.5 Å². The number of amides is 1. The Balaban J connectivity index is 1.57. The first-order chi connectivity index (χ1) is 16.9. The third kappa shape index (κ3) is 4.39. The third-order valence-electron chi connectivity index (χ3n) is 6.42. The molecular formula is C26H28FN7O. The number of fused-ring (bicyclic) bond motifs is 1. The number of pyridine rings is 1. The highest BCUT2D eigenvalue weighted by molar-refractivity contribution is 6.11. The standard InChI is InChI=1S/C26H28FN7O/c1-16(2)24-30-32-34(31-24)19-9-10-21(22(27)14-19)26(35)33(20-8-5-12-28-15-20)25-23-17(3)6-4-7-18(23)11-13-29-25/h4,6-7,9-11,13-14,16,20,28H,5,8,12,15H2,1-3H3/t20-/m1/s1. The molecule has 1 atom stereocenters. The van der Waals surface area contributed by atoms with Crippen molar-refractivity contribution in [2.24, 2.45) is 0 Å². The van der Waals surface area contributed by atoms with Gasteiger partial charge in [-0.1, -0.05) is 32.0 Å². The molecule has 2 aromatic carbocycles. The number of nitrogens with one attached hydrogen (secondary N) is 1. The van der Waals surface area contributed by atoms with Crippen LogP contribution in [0.25, 0.3) is 16.5 Å².